The predicted octanol–water partition coefficient (Wildman–Crippen LogP) is 15.5. The highest BCUT2D eigenvalue weighted by Gasteiger charge is 2.56. The van der Waals surface area contributed by atoms with Gasteiger partial charge in [0, 0.05) is 49.2 Å². The van der Waals surface area contributed by atoms with Gasteiger partial charge in [0.15, 0.2) is 0 Å². The zero-order valence-electron chi connectivity index (χ0n) is 44.6. The van der Waals surface area contributed by atoms with Crippen LogP contribution >= 0.6 is 0 Å². The molecule has 0 fully saturated rings. The summed E-state index contributed by atoms with van der Waals surface area (Å²) < 4.78 is 29.6. The summed E-state index contributed by atoms with van der Waals surface area (Å²) in [6.07, 6.45) is 0.712. The molecule has 0 amide bonds. The molecule has 7 aromatic rings. The molecular formula is C61H70N4O. The fraction of sp³-hybridized carbons (Fsp3) is 0.410. The van der Waals surface area contributed by atoms with E-state index in [0.29, 0.717) is 12.3 Å². The lowest BCUT2D eigenvalue weighted by atomic mass is 9.66. The highest BCUT2D eigenvalue weighted by molar-refractivity contribution is 6.12. The number of benzene rings is 5. The Labute approximate surface area is 397 Å². The van der Waals surface area contributed by atoms with Gasteiger partial charge in [-0.2, -0.15) is 0 Å². The van der Waals surface area contributed by atoms with Crippen LogP contribution < -0.4 is 4.90 Å². The molecule has 0 N–H and O–H groups in total. The van der Waals surface area contributed by atoms with Crippen LogP contribution in [0, 0.1) is 27.7 Å². The number of hydrogen-bond donors (Lipinski definition) is 0. The average molecular weight is 877 g/mol. The first kappa shape index (κ1) is 41.7. The average Bonchev–Trinajstić information content (AvgIpc) is 3.70. The van der Waals surface area contributed by atoms with Crippen molar-refractivity contribution in [3.05, 3.63) is 158 Å². The molecule has 340 valence electrons. The van der Waals surface area contributed by atoms with Crippen LogP contribution in [0.2, 0.25) is 0 Å². The summed E-state index contributed by atoms with van der Waals surface area (Å²) >= 11 is 0. The van der Waals surface area contributed by atoms with E-state index in [4.69, 9.17) is 14.7 Å². The molecule has 0 radical (unpaired) electrons. The smallest absolute Gasteiger partial charge is 0.217 e. The van der Waals surface area contributed by atoms with Crippen LogP contribution in [0.5, 0.6) is 0 Å². The molecule has 0 saturated carbocycles. The van der Waals surface area contributed by atoms with Gasteiger partial charge in [-0.3, -0.25) is 4.57 Å². The second kappa shape index (κ2) is 14.2. The Kier molecular flexibility index (Phi) is 8.96. The summed E-state index contributed by atoms with van der Waals surface area (Å²) in [6, 6.07) is 31.8. The van der Waals surface area contributed by atoms with Crippen LogP contribution in [0.15, 0.2) is 96.1 Å². The number of anilines is 3. The van der Waals surface area contributed by atoms with Crippen molar-refractivity contribution in [2.24, 2.45) is 4.99 Å². The first-order chi connectivity index (χ1) is 31.5. The third kappa shape index (κ3) is 6.68. The van der Waals surface area contributed by atoms with Gasteiger partial charge >= 0.3 is 0 Å². The first-order valence-corrected chi connectivity index (χ1v) is 24.0. The summed E-state index contributed by atoms with van der Waals surface area (Å²) in [5, 5.41) is 2.41. The van der Waals surface area contributed by atoms with Crippen molar-refractivity contribution in [3.63, 3.8) is 0 Å². The largest absolute Gasteiger partial charge is 0.468 e. The highest BCUT2D eigenvalue weighted by atomic mass is 16.5. The van der Waals surface area contributed by atoms with Gasteiger partial charge < -0.3 is 9.64 Å². The van der Waals surface area contributed by atoms with Crippen molar-refractivity contribution in [2.45, 2.75) is 163 Å². The molecule has 10 rings (SSSR count). The van der Waals surface area contributed by atoms with Crippen LogP contribution in [0.4, 0.5) is 17.1 Å². The third-order valence-electron chi connectivity index (χ3n) is 15.4. The number of ether oxygens (including phenoxy) is 1. The topological polar surface area (TPSA) is 42.6 Å². The molecule has 5 nitrogen and oxygen atoms in total. The van der Waals surface area contributed by atoms with Gasteiger partial charge in [-0.1, -0.05) is 112 Å². The summed E-state index contributed by atoms with van der Waals surface area (Å²) in [5.74, 6) is 1.39. The van der Waals surface area contributed by atoms with Crippen molar-refractivity contribution in [1.29, 1.82) is 0 Å². The zero-order valence-corrected chi connectivity index (χ0v) is 42.6. The minimum atomic E-state index is -1.80. The molecule has 1 aliphatic carbocycles. The number of aromatic nitrogens is 2. The first-order valence-electron chi connectivity index (χ1n) is 25.0. The highest BCUT2D eigenvalue weighted by Crippen LogP contribution is 2.55. The second-order valence-corrected chi connectivity index (χ2v) is 24.0. The van der Waals surface area contributed by atoms with Crippen molar-refractivity contribution >= 4 is 44.8 Å². The standard InChI is InChI=1S/C61H70N4O/c1-35-18-20-49-44(24-35)45-31-48-52(32-51(45)65(49)53-30-41(22-23-62-53)56(5,6)7)64(50-21-19-36(2)25-47(50)59(48,14)15)43-28-39(27-42(29-43)57(8,9)10)55-63-60(16)33-40-26-37(3)54(58(11,12)13)38(4)46(40)34-61(60,17)66-55/h18-32H,33-34H2,1-17H3/t60-,61-/m0/s1/i33D2. The maximum atomic E-state index is 10.00. The summed E-state index contributed by atoms with van der Waals surface area (Å²) in [7, 11) is 0. The van der Waals surface area contributed by atoms with Crippen LogP contribution in [-0.4, -0.2) is 26.6 Å². The van der Waals surface area contributed by atoms with Crippen molar-refractivity contribution < 1.29 is 7.48 Å². The van der Waals surface area contributed by atoms with Gasteiger partial charge in [-0.05, 0) is 169 Å². The summed E-state index contributed by atoms with van der Waals surface area (Å²) in [6.45, 7) is 37.8. The van der Waals surface area contributed by atoms with Crippen molar-refractivity contribution in [2.75, 3.05) is 4.90 Å². The number of rotatable bonds is 3. The second-order valence-electron chi connectivity index (χ2n) is 24.0. The fourth-order valence-corrected chi connectivity index (χ4v) is 11.6. The molecule has 2 aliphatic heterocycles. The van der Waals surface area contributed by atoms with E-state index in [2.05, 4.69) is 205 Å². The summed E-state index contributed by atoms with van der Waals surface area (Å²) in [5.41, 5.74) is 16.1. The van der Waals surface area contributed by atoms with Gasteiger partial charge in [0.05, 0.1) is 22.4 Å². The SMILES string of the molecule is [2H]C1([2H])c2cc(C)c(C(C)(C)C)c(C)c2C[C@]2(C)OC(c3cc(N4c5ccc(C)cc5C(C)(C)c5cc6c7cc(C)ccc7n(-c7cc(C(C)(C)C)ccn7)c6cc54)cc(C(C)(C)C)c3)=N[C@@]12C. The number of hydrogen-bond acceptors (Lipinski definition) is 4. The number of nitrogens with zero attached hydrogens (tertiary/aromatic N) is 4. The monoisotopic (exact) mass is 877 g/mol. The van der Waals surface area contributed by atoms with Crippen LogP contribution in [0.3, 0.4) is 0 Å². The number of aryl methyl sites for hydroxylation is 3. The van der Waals surface area contributed by atoms with Crippen LogP contribution in [0.1, 0.15) is 160 Å². The molecule has 4 heterocycles. The lowest BCUT2D eigenvalue weighted by molar-refractivity contribution is 0.0270. The molecule has 66 heavy (non-hydrogen) atoms. The molecule has 5 aromatic carbocycles. The molecule has 0 spiro atoms. The quantitative estimate of drug-likeness (QED) is 0.178. The van der Waals surface area contributed by atoms with Gasteiger partial charge in [0.2, 0.25) is 5.90 Å². The Bertz CT molecular complexity index is 3330. The molecule has 2 atom stereocenters. The van der Waals surface area contributed by atoms with Crippen LogP contribution in [-0.2, 0) is 39.2 Å². The van der Waals surface area contributed by atoms with E-state index >= 15 is 0 Å². The summed E-state index contributed by atoms with van der Waals surface area (Å²) in [4.78, 5) is 13.0. The van der Waals surface area contributed by atoms with Gasteiger partial charge in [-0.25, -0.2) is 9.98 Å². The molecule has 5 heteroatoms. The van der Waals surface area contributed by atoms with E-state index < -0.39 is 17.5 Å². The Hall–Kier alpha value is -5.68. The third-order valence-corrected chi connectivity index (χ3v) is 15.4. The number of fused-ring (bicyclic) bond motifs is 7. The van der Waals surface area contributed by atoms with Crippen molar-refractivity contribution in [3.8, 4) is 5.82 Å². The van der Waals surface area contributed by atoms with E-state index in [1.807, 2.05) is 13.1 Å². The number of aliphatic imine (C=N–C) groups is 1. The Morgan fingerprint density at radius 2 is 1.32 bits per heavy atom. The lowest BCUT2D eigenvalue weighted by Crippen LogP contribution is -2.53. The van der Waals surface area contributed by atoms with Crippen LogP contribution in [0.25, 0.3) is 27.6 Å². The maximum absolute atomic E-state index is 10.00. The minimum Gasteiger partial charge on any atom is -0.468 e. The fourth-order valence-electron chi connectivity index (χ4n) is 11.6. The number of pyridine rings is 1. The zero-order chi connectivity index (χ0) is 49.2. The van der Waals surface area contributed by atoms with Gasteiger partial charge in [0.25, 0.3) is 0 Å². The molecular weight excluding hydrogens is 805 g/mol. The van der Waals surface area contributed by atoms with E-state index in [1.165, 1.54) is 44.2 Å². The van der Waals surface area contributed by atoms with Gasteiger partial charge in [-0.15, -0.1) is 0 Å². The Morgan fingerprint density at radius 1 is 0.652 bits per heavy atom. The Balaban J connectivity index is 1.22. The molecule has 2 aromatic heterocycles. The maximum Gasteiger partial charge on any atom is 0.217 e. The van der Waals surface area contributed by atoms with Gasteiger partial charge in [0.1, 0.15) is 17.0 Å². The lowest BCUT2D eigenvalue weighted by Gasteiger charge is -2.44. The molecule has 3 aliphatic rings. The minimum absolute atomic E-state index is 0.0504. The molecule has 0 unspecified atom stereocenters. The van der Waals surface area contributed by atoms with E-state index in [9.17, 15) is 2.74 Å². The molecule has 0 saturated heterocycles. The predicted molar refractivity (Wildman–Crippen MR) is 279 cm³/mol. The normalized spacial score (nSPS) is 21.4. The van der Waals surface area contributed by atoms with E-state index in [1.54, 1.807) is 0 Å². The van der Waals surface area contributed by atoms with E-state index in [-0.39, 0.29) is 21.7 Å². The van der Waals surface area contributed by atoms with Crippen molar-refractivity contribution in [1.82, 2.24) is 9.55 Å². The van der Waals surface area contributed by atoms with E-state index in [0.717, 1.165) is 67.3 Å². The Morgan fingerprint density at radius 3 is 2.02 bits per heavy atom. The molecule has 0 bridgehead atoms.